The number of hydrogen-bond donors (Lipinski definition) is 1. The predicted octanol–water partition coefficient (Wildman–Crippen LogP) is 4.38. The molecule has 2 N–H and O–H groups in total. The maximum absolute atomic E-state index is 6.20. The lowest BCUT2D eigenvalue weighted by atomic mass is 10.1. The van der Waals surface area contributed by atoms with Crippen LogP contribution in [0.2, 0.25) is 10.0 Å². The lowest BCUT2D eigenvalue weighted by Gasteiger charge is -2.02. The van der Waals surface area contributed by atoms with E-state index in [2.05, 4.69) is 0 Å². The molecule has 0 unspecified atom stereocenters. The van der Waals surface area contributed by atoms with Crippen molar-refractivity contribution in [3.05, 3.63) is 49.4 Å². The summed E-state index contributed by atoms with van der Waals surface area (Å²) in [5, 5.41) is 2.45. The molecule has 1 heterocycles. The van der Waals surface area contributed by atoms with Gasteiger partial charge >= 0.3 is 0 Å². The molecule has 3 rings (SSSR count). The zero-order chi connectivity index (χ0) is 13.4. The van der Waals surface area contributed by atoms with E-state index in [0.29, 0.717) is 22.5 Å². The average molecular weight is 313 g/mol. The first kappa shape index (κ1) is 13.4. The summed E-state index contributed by atoms with van der Waals surface area (Å²) < 4.78 is 0. The van der Waals surface area contributed by atoms with Gasteiger partial charge in [-0.2, -0.15) is 0 Å². The van der Waals surface area contributed by atoms with Gasteiger partial charge in [0.05, 0.1) is 10.7 Å². The van der Waals surface area contributed by atoms with Gasteiger partial charge in [0.2, 0.25) is 0 Å². The minimum Gasteiger partial charge on any atom is -0.326 e. The summed E-state index contributed by atoms with van der Waals surface area (Å²) in [6, 6.07) is 5.60. The maximum atomic E-state index is 6.20. The summed E-state index contributed by atoms with van der Waals surface area (Å²) in [4.78, 5) is 5.97. The third-order valence-corrected chi connectivity index (χ3v) is 4.96. The van der Waals surface area contributed by atoms with Gasteiger partial charge in [-0.05, 0) is 30.5 Å². The number of aromatic nitrogens is 1. The van der Waals surface area contributed by atoms with Crippen molar-refractivity contribution in [2.24, 2.45) is 5.73 Å². The fourth-order valence-corrected chi connectivity index (χ4v) is 3.67. The van der Waals surface area contributed by atoms with Crippen molar-refractivity contribution >= 4 is 34.5 Å². The molecule has 100 valence electrons. The van der Waals surface area contributed by atoms with E-state index in [1.165, 1.54) is 23.4 Å². The largest absolute Gasteiger partial charge is 0.326 e. The van der Waals surface area contributed by atoms with Crippen molar-refractivity contribution in [1.29, 1.82) is 0 Å². The number of halogens is 2. The van der Waals surface area contributed by atoms with Crippen LogP contribution in [0.5, 0.6) is 0 Å². The molecule has 0 amide bonds. The predicted molar refractivity (Wildman–Crippen MR) is 81.2 cm³/mol. The van der Waals surface area contributed by atoms with Crippen molar-refractivity contribution in [2.45, 2.75) is 31.7 Å². The Morgan fingerprint density at radius 2 is 2.11 bits per heavy atom. The zero-order valence-corrected chi connectivity index (χ0v) is 12.7. The molecule has 2 nitrogen and oxygen atoms in total. The van der Waals surface area contributed by atoms with Crippen molar-refractivity contribution in [3.63, 3.8) is 0 Å². The number of nitrogens with two attached hydrogens (primary N) is 1. The van der Waals surface area contributed by atoms with Gasteiger partial charge in [0.1, 0.15) is 0 Å². The highest BCUT2D eigenvalue weighted by Gasteiger charge is 2.29. The molecule has 2 aromatic rings. The van der Waals surface area contributed by atoms with Crippen LogP contribution in [-0.2, 0) is 13.0 Å². The van der Waals surface area contributed by atoms with E-state index in [-0.39, 0.29) is 0 Å². The highest BCUT2D eigenvalue weighted by molar-refractivity contribution is 7.11. The third kappa shape index (κ3) is 2.95. The molecule has 1 aromatic heterocycles. The fourth-order valence-electron chi connectivity index (χ4n) is 2.14. The van der Waals surface area contributed by atoms with Gasteiger partial charge in [0.25, 0.3) is 0 Å². The van der Waals surface area contributed by atoms with E-state index in [0.717, 1.165) is 17.0 Å². The number of rotatable bonds is 4. The molecule has 0 radical (unpaired) electrons. The number of benzene rings is 1. The number of hydrogen-bond acceptors (Lipinski definition) is 3. The second-order valence-corrected chi connectivity index (χ2v) is 6.82. The smallest absolute Gasteiger partial charge is 0.0976 e. The third-order valence-electron chi connectivity index (χ3n) is 3.28. The Kier molecular flexibility index (Phi) is 3.81. The van der Waals surface area contributed by atoms with Crippen LogP contribution < -0.4 is 5.73 Å². The molecule has 0 atom stereocenters. The van der Waals surface area contributed by atoms with Crippen molar-refractivity contribution in [2.75, 3.05) is 0 Å². The molecule has 1 aliphatic rings. The standard InChI is InChI=1S/C14H14Cl2N2S/c15-10-4-3-9(11(16)6-10)5-13-18-14(8-1-2-8)12(7-17)19-13/h3-4,6,8H,1-2,5,7,17H2. The van der Waals surface area contributed by atoms with E-state index < -0.39 is 0 Å². The van der Waals surface area contributed by atoms with Gasteiger partial charge in [-0.3, -0.25) is 0 Å². The van der Waals surface area contributed by atoms with Crippen LogP contribution in [0.15, 0.2) is 18.2 Å². The van der Waals surface area contributed by atoms with Crippen LogP contribution >= 0.6 is 34.5 Å². The van der Waals surface area contributed by atoms with Gasteiger partial charge in [-0.15, -0.1) is 11.3 Å². The molecular formula is C14H14Cl2N2S. The van der Waals surface area contributed by atoms with E-state index in [4.69, 9.17) is 33.9 Å². The Balaban J connectivity index is 1.86. The maximum Gasteiger partial charge on any atom is 0.0976 e. The van der Waals surface area contributed by atoms with Crippen LogP contribution in [0.25, 0.3) is 0 Å². The molecule has 0 spiro atoms. The number of thiazole rings is 1. The topological polar surface area (TPSA) is 38.9 Å². The second-order valence-electron chi connectivity index (χ2n) is 4.81. The van der Waals surface area contributed by atoms with Gasteiger partial charge in [-0.1, -0.05) is 29.3 Å². The molecule has 1 fully saturated rings. The summed E-state index contributed by atoms with van der Waals surface area (Å²) >= 11 is 13.8. The summed E-state index contributed by atoms with van der Waals surface area (Å²) in [6.45, 7) is 0.581. The van der Waals surface area contributed by atoms with E-state index in [1.807, 2.05) is 12.1 Å². The Morgan fingerprint density at radius 1 is 1.32 bits per heavy atom. The van der Waals surface area contributed by atoms with Crippen LogP contribution in [0.3, 0.4) is 0 Å². The summed E-state index contributed by atoms with van der Waals surface area (Å²) in [7, 11) is 0. The van der Waals surface area contributed by atoms with Crippen LogP contribution in [0, 0.1) is 0 Å². The lowest BCUT2D eigenvalue weighted by Crippen LogP contribution is -1.97. The van der Waals surface area contributed by atoms with E-state index in [9.17, 15) is 0 Å². The molecule has 1 aromatic carbocycles. The number of nitrogens with zero attached hydrogens (tertiary/aromatic N) is 1. The Labute approximate surface area is 126 Å². The van der Waals surface area contributed by atoms with Crippen molar-refractivity contribution < 1.29 is 0 Å². The SMILES string of the molecule is NCc1sc(Cc2ccc(Cl)cc2Cl)nc1C1CC1. The first-order chi connectivity index (χ1) is 9.17. The first-order valence-corrected chi connectivity index (χ1v) is 7.87. The highest BCUT2D eigenvalue weighted by atomic mass is 35.5. The molecular weight excluding hydrogens is 299 g/mol. The van der Waals surface area contributed by atoms with Gasteiger partial charge < -0.3 is 5.73 Å². The first-order valence-electron chi connectivity index (χ1n) is 6.30. The summed E-state index contributed by atoms with van der Waals surface area (Å²) in [5.41, 5.74) is 8.08. The fraction of sp³-hybridized carbons (Fsp3) is 0.357. The Morgan fingerprint density at radius 3 is 2.74 bits per heavy atom. The zero-order valence-electron chi connectivity index (χ0n) is 10.3. The minimum absolute atomic E-state index is 0.581. The van der Waals surface area contributed by atoms with Crippen LogP contribution in [-0.4, -0.2) is 4.98 Å². The molecule has 0 saturated heterocycles. The molecule has 0 bridgehead atoms. The van der Waals surface area contributed by atoms with Crippen molar-refractivity contribution in [3.8, 4) is 0 Å². The van der Waals surface area contributed by atoms with Gasteiger partial charge in [-0.25, -0.2) is 4.98 Å². The van der Waals surface area contributed by atoms with E-state index >= 15 is 0 Å². The average Bonchev–Trinajstić information content (AvgIpc) is 3.14. The second kappa shape index (κ2) is 5.41. The lowest BCUT2D eigenvalue weighted by molar-refractivity contribution is 0.959. The molecule has 5 heteroatoms. The highest BCUT2D eigenvalue weighted by Crippen LogP contribution is 2.42. The molecule has 19 heavy (non-hydrogen) atoms. The van der Waals surface area contributed by atoms with E-state index in [1.54, 1.807) is 17.4 Å². The van der Waals surface area contributed by atoms with Gasteiger partial charge in [0, 0.05) is 33.8 Å². The normalized spacial score (nSPS) is 14.9. The molecule has 1 saturated carbocycles. The van der Waals surface area contributed by atoms with Crippen LogP contribution in [0.1, 0.15) is 39.9 Å². The summed E-state index contributed by atoms with van der Waals surface area (Å²) in [6.07, 6.45) is 3.25. The van der Waals surface area contributed by atoms with Crippen molar-refractivity contribution in [1.82, 2.24) is 4.98 Å². The summed E-state index contributed by atoms with van der Waals surface area (Å²) in [5.74, 6) is 0.643. The minimum atomic E-state index is 0.581. The van der Waals surface area contributed by atoms with Crippen LogP contribution in [0.4, 0.5) is 0 Å². The molecule has 1 aliphatic carbocycles. The van der Waals surface area contributed by atoms with Gasteiger partial charge in [0.15, 0.2) is 0 Å². The Bertz CT molecular complexity index is 605. The monoisotopic (exact) mass is 312 g/mol. The molecule has 0 aliphatic heterocycles. The Hall–Kier alpha value is -0.610. The quantitative estimate of drug-likeness (QED) is 0.910.